The number of carbonyl (C=O) groups excluding carboxylic acids is 3. The van der Waals surface area contributed by atoms with E-state index in [0.29, 0.717) is 9.15 Å². The van der Waals surface area contributed by atoms with Crippen LogP contribution >= 0.6 is 38.5 Å². The average molecular weight is 629 g/mol. The zero-order chi connectivity index (χ0) is 24.3. The molecule has 0 N–H and O–H groups in total. The van der Waals surface area contributed by atoms with Crippen molar-refractivity contribution < 1.29 is 37.4 Å². The summed E-state index contributed by atoms with van der Waals surface area (Å²) in [4.78, 5) is 37.4. The standard InChI is InChI=1S/C22H24BrF2IO6/c1-5-32-19(29)22(24,25)12-20(2)11-21(17(27)30-3,18(28)31-4)10-15(20)16(26)13-6-8-14(23)9-7-13/h6-9H,5,10-12H2,1-4H3/b16-15+. The van der Waals surface area contributed by atoms with E-state index >= 15 is 0 Å². The molecule has 0 saturated heterocycles. The van der Waals surface area contributed by atoms with Crippen LogP contribution in [0.1, 0.15) is 38.7 Å². The van der Waals surface area contributed by atoms with Gasteiger partial charge in [-0.2, -0.15) is 8.78 Å². The molecule has 10 heteroatoms. The zero-order valence-corrected chi connectivity index (χ0v) is 21.8. The predicted molar refractivity (Wildman–Crippen MR) is 125 cm³/mol. The van der Waals surface area contributed by atoms with Crippen LogP contribution in [0.15, 0.2) is 34.3 Å². The van der Waals surface area contributed by atoms with Gasteiger partial charge in [-0.1, -0.05) is 35.0 Å². The molecule has 1 saturated carbocycles. The minimum absolute atomic E-state index is 0.171. The molecule has 0 heterocycles. The highest BCUT2D eigenvalue weighted by atomic mass is 127. The monoisotopic (exact) mass is 628 g/mol. The minimum atomic E-state index is -3.82. The molecule has 2 rings (SSSR count). The van der Waals surface area contributed by atoms with Crippen LogP contribution in [0.3, 0.4) is 0 Å². The first kappa shape index (κ1) is 26.7. The molecule has 0 aromatic heterocycles. The third kappa shape index (κ3) is 5.16. The number of allylic oxidation sites excluding steroid dienone is 1. The number of alkyl halides is 2. The summed E-state index contributed by atoms with van der Waals surface area (Å²) in [7, 11) is 2.25. The van der Waals surface area contributed by atoms with Crippen LogP contribution in [0.25, 0.3) is 3.58 Å². The Balaban J connectivity index is 2.69. The van der Waals surface area contributed by atoms with Gasteiger partial charge in [0.25, 0.3) is 0 Å². The lowest BCUT2D eigenvalue weighted by Crippen LogP contribution is -2.41. The number of halogens is 4. The quantitative estimate of drug-likeness (QED) is 0.176. The second-order valence-electron chi connectivity index (χ2n) is 7.88. The highest BCUT2D eigenvalue weighted by Gasteiger charge is 2.63. The van der Waals surface area contributed by atoms with Crippen molar-refractivity contribution in [3.05, 3.63) is 39.9 Å². The molecule has 1 fully saturated rings. The second-order valence-corrected chi connectivity index (χ2v) is 9.88. The second kappa shape index (κ2) is 10.1. The first-order valence-electron chi connectivity index (χ1n) is 9.74. The summed E-state index contributed by atoms with van der Waals surface area (Å²) in [5, 5.41) is 0. The molecule has 0 aliphatic heterocycles. The fourth-order valence-corrected chi connectivity index (χ4v) is 5.66. The molecule has 0 amide bonds. The Morgan fingerprint density at radius 2 is 1.66 bits per heavy atom. The normalized spacial score (nSPS) is 21.6. The van der Waals surface area contributed by atoms with Crippen molar-refractivity contribution >= 4 is 60.0 Å². The van der Waals surface area contributed by atoms with Crippen LogP contribution in [0.4, 0.5) is 8.78 Å². The van der Waals surface area contributed by atoms with E-state index < -0.39 is 41.1 Å². The van der Waals surface area contributed by atoms with Crippen molar-refractivity contribution in [2.45, 2.75) is 39.0 Å². The summed E-state index contributed by atoms with van der Waals surface area (Å²) in [5.74, 6) is -7.21. The minimum Gasteiger partial charge on any atom is -0.468 e. The summed E-state index contributed by atoms with van der Waals surface area (Å²) < 4.78 is 45.5. The lowest BCUT2D eigenvalue weighted by Gasteiger charge is -2.31. The van der Waals surface area contributed by atoms with Crippen LogP contribution in [-0.2, 0) is 28.6 Å². The highest BCUT2D eigenvalue weighted by molar-refractivity contribution is 14.1. The van der Waals surface area contributed by atoms with E-state index in [1.807, 2.05) is 22.6 Å². The Bertz CT molecular complexity index is 915. The molecule has 1 aromatic carbocycles. The van der Waals surface area contributed by atoms with Crippen LogP contribution in [-0.4, -0.2) is 44.7 Å². The number of rotatable bonds is 7. The summed E-state index contributed by atoms with van der Waals surface area (Å²) in [5.41, 5.74) is -2.04. The molecule has 1 atom stereocenters. The summed E-state index contributed by atoms with van der Waals surface area (Å²) in [6.45, 7) is 2.76. The van der Waals surface area contributed by atoms with Crippen molar-refractivity contribution in [3.8, 4) is 0 Å². The van der Waals surface area contributed by atoms with Crippen molar-refractivity contribution in [2.24, 2.45) is 10.8 Å². The molecular formula is C22H24BrF2IO6. The lowest BCUT2D eigenvalue weighted by atomic mass is 9.75. The van der Waals surface area contributed by atoms with E-state index in [1.165, 1.54) is 13.8 Å². The molecule has 1 aliphatic rings. The molecule has 1 aromatic rings. The SMILES string of the molecule is CCOC(=O)C(F)(F)CC1(C)CC(C(=O)OC)(C(=O)OC)C/C1=C(\I)c1ccc(Br)cc1. The van der Waals surface area contributed by atoms with E-state index in [4.69, 9.17) is 9.47 Å². The van der Waals surface area contributed by atoms with Crippen molar-refractivity contribution in [1.29, 1.82) is 0 Å². The summed E-state index contributed by atoms with van der Waals surface area (Å²) in [6, 6.07) is 7.17. The van der Waals surface area contributed by atoms with E-state index in [9.17, 15) is 23.2 Å². The Morgan fingerprint density at radius 3 is 2.12 bits per heavy atom. The van der Waals surface area contributed by atoms with Crippen LogP contribution in [0.2, 0.25) is 0 Å². The topological polar surface area (TPSA) is 78.9 Å². The summed E-state index contributed by atoms with van der Waals surface area (Å²) in [6.07, 6.45) is -1.41. The Morgan fingerprint density at radius 1 is 1.12 bits per heavy atom. The Labute approximate surface area is 207 Å². The molecule has 32 heavy (non-hydrogen) atoms. The molecule has 176 valence electrons. The summed E-state index contributed by atoms with van der Waals surface area (Å²) >= 11 is 5.37. The number of hydrogen-bond acceptors (Lipinski definition) is 6. The Kier molecular flexibility index (Phi) is 8.46. The number of esters is 3. The van der Waals surface area contributed by atoms with Crippen LogP contribution in [0.5, 0.6) is 0 Å². The Hall–Kier alpha value is -1.56. The van der Waals surface area contributed by atoms with Gasteiger partial charge in [-0.15, -0.1) is 0 Å². The van der Waals surface area contributed by atoms with Crippen LogP contribution in [0, 0.1) is 10.8 Å². The van der Waals surface area contributed by atoms with Gasteiger partial charge in [0.2, 0.25) is 0 Å². The van der Waals surface area contributed by atoms with Gasteiger partial charge >= 0.3 is 23.8 Å². The van der Waals surface area contributed by atoms with E-state index in [1.54, 1.807) is 24.3 Å². The smallest absolute Gasteiger partial charge is 0.376 e. The van der Waals surface area contributed by atoms with Gasteiger partial charge in [0, 0.05) is 14.5 Å². The molecule has 0 spiro atoms. The number of carbonyl (C=O) groups is 3. The lowest BCUT2D eigenvalue weighted by molar-refractivity contribution is -0.176. The maximum Gasteiger partial charge on any atom is 0.376 e. The van der Waals surface area contributed by atoms with Gasteiger partial charge in [-0.05, 0) is 71.0 Å². The van der Waals surface area contributed by atoms with Crippen molar-refractivity contribution in [1.82, 2.24) is 0 Å². The molecular weight excluding hydrogens is 605 g/mol. The van der Waals surface area contributed by atoms with Crippen LogP contribution < -0.4 is 0 Å². The average Bonchev–Trinajstić information content (AvgIpc) is 3.06. The van der Waals surface area contributed by atoms with E-state index in [0.717, 1.165) is 24.3 Å². The third-order valence-corrected chi connectivity index (χ3v) is 7.40. The molecule has 0 radical (unpaired) electrons. The number of benzene rings is 1. The van der Waals surface area contributed by atoms with Gasteiger partial charge < -0.3 is 14.2 Å². The van der Waals surface area contributed by atoms with Crippen molar-refractivity contribution in [3.63, 3.8) is 0 Å². The maximum atomic E-state index is 14.9. The first-order valence-corrected chi connectivity index (χ1v) is 11.6. The highest BCUT2D eigenvalue weighted by Crippen LogP contribution is 2.60. The molecule has 1 unspecified atom stereocenters. The molecule has 6 nitrogen and oxygen atoms in total. The first-order chi connectivity index (χ1) is 14.9. The predicted octanol–water partition coefficient (Wildman–Crippen LogP) is 5.32. The largest absolute Gasteiger partial charge is 0.468 e. The fourth-order valence-electron chi connectivity index (χ4n) is 4.19. The van der Waals surface area contributed by atoms with E-state index in [2.05, 4.69) is 20.7 Å². The molecule has 1 aliphatic carbocycles. The van der Waals surface area contributed by atoms with Gasteiger partial charge in [0.05, 0.1) is 20.8 Å². The number of hydrogen-bond donors (Lipinski definition) is 0. The van der Waals surface area contributed by atoms with E-state index in [-0.39, 0.29) is 19.4 Å². The zero-order valence-electron chi connectivity index (χ0n) is 18.1. The maximum absolute atomic E-state index is 14.9. The van der Waals surface area contributed by atoms with Gasteiger partial charge in [-0.25, -0.2) is 4.79 Å². The fraction of sp³-hybridized carbons (Fsp3) is 0.500. The molecule has 0 bridgehead atoms. The number of ether oxygens (including phenoxy) is 3. The van der Waals surface area contributed by atoms with Gasteiger partial charge in [0.1, 0.15) is 0 Å². The van der Waals surface area contributed by atoms with Gasteiger partial charge in [-0.3, -0.25) is 9.59 Å². The third-order valence-electron chi connectivity index (χ3n) is 5.60. The van der Waals surface area contributed by atoms with Gasteiger partial charge in [0.15, 0.2) is 5.41 Å². The van der Waals surface area contributed by atoms with Crippen molar-refractivity contribution in [2.75, 3.05) is 20.8 Å². The number of methoxy groups -OCH3 is 2.